The van der Waals surface area contributed by atoms with Crippen molar-refractivity contribution in [2.45, 2.75) is 39.2 Å². The number of nitrogens with two attached hydrogens (primary N) is 1. The number of benzene rings is 1. The lowest BCUT2D eigenvalue weighted by molar-refractivity contribution is 0.0170. The number of carbonyl (C=O) groups is 1. The van der Waals surface area contributed by atoms with E-state index in [1.54, 1.807) is 4.90 Å². The van der Waals surface area contributed by atoms with Crippen molar-refractivity contribution >= 4 is 17.7 Å². The van der Waals surface area contributed by atoms with Gasteiger partial charge in [-0.25, -0.2) is 9.18 Å². The second-order valence-electron chi connectivity index (χ2n) is 9.08. The maximum Gasteiger partial charge on any atom is 0.410 e. The Morgan fingerprint density at radius 1 is 1.13 bits per heavy atom. The molecule has 7 nitrogen and oxygen atoms in total. The molecule has 166 valence electrons. The van der Waals surface area contributed by atoms with Crippen molar-refractivity contribution < 1.29 is 13.9 Å². The first-order chi connectivity index (χ1) is 14.2. The maximum atomic E-state index is 13.1. The van der Waals surface area contributed by atoms with Gasteiger partial charge in [0.2, 0.25) is 0 Å². The summed E-state index contributed by atoms with van der Waals surface area (Å²) < 4.78 is 18.6. The Labute approximate surface area is 178 Å². The summed E-state index contributed by atoms with van der Waals surface area (Å²) in [6.07, 6.45) is 1.74. The Bertz CT molecular complexity index is 739. The van der Waals surface area contributed by atoms with Crippen LogP contribution >= 0.6 is 0 Å². The molecule has 2 N–H and O–H groups in total. The van der Waals surface area contributed by atoms with Crippen LogP contribution in [0, 0.1) is 11.7 Å². The van der Waals surface area contributed by atoms with E-state index in [1.165, 1.54) is 12.1 Å². The number of hydrogen-bond donors (Lipinski definition) is 1. The lowest BCUT2D eigenvalue weighted by atomic mass is 9.98. The molecule has 0 bridgehead atoms. The third-order valence-electron chi connectivity index (χ3n) is 5.48. The summed E-state index contributed by atoms with van der Waals surface area (Å²) in [7, 11) is 0. The molecule has 0 radical (unpaired) electrons. The normalized spacial score (nSPS) is 21.0. The van der Waals surface area contributed by atoms with Crippen LogP contribution in [-0.4, -0.2) is 73.3 Å². The van der Waals surface area contributed by atoms with E-state index in [0.717, 1.165) is 51.3 Å². The van der Waals surface area contributed by atoms with E-state index < -0.39 is 5.60 Å². The Morgan fingerprint density at radius 3 is 2.43 bits per heavy atom. The highest BCUT2D eigenvalue weighted by Crippen LogP contribution is 2.20. The number of aliphatic imine (C=N–C) groups is 1. The van der Waals surface area contributed by atoms with Gasteiger partial charge in [0, 0.05) is 51.5 Å². The minimum Gasteiger partial charge on any atom is -0.444 e. The molecule has 1 aromatic rings. The minimum absolute atomic E-state index is 0.221. The number of anilines is 1. The molecular formula is C22H34FN5O2. The molecule has 0 aliphatic carbocycles. The van der Waals surface area contributed by atoms with Crippen LogP contribution in [0.4, 0.5) is 14.9 Å². The van der Waals surface area contributed by atoms with Crippen LogP contribution in [0.3, 0.4) is 0 Å². The van der Waals surface area contributed by atoms with Gasteiger partial charge in [-0.15, -0.1) is 0 Å². The molecule has 0 spiro atoms. The lowest BCUT2D eigenvalue weighted by Crippen LogP contribution is -2.51. The third kappa shape index (κ3) is 6.24. The standard InChI is InChI=1S/C22H34FN5O2/c1-22(2,3)30-21(29)28-10-4-5-17(16-28)15-25-20(24)27-13-11-26(12-14-27)19-8-6-18(23)7-9-19/h6-9,17H,4-5,10-16H2,1-3H3,(H2,24,25). The monoisotopic (exact) mass is 419 g/mol. The third-order valence-corrected chi connectivity index (χ3v) is 5.48. The summed E-state index contributed by atoms with van der Waals surface area (Å²) in [6.45, 7) is 10.8. The van der Waals surface area contributed by atoms with Crippen LogP contribution in [0.25, 0.3) is 0 Å². The van der Waals surface area contributed by atoms with Gasteiger partial charge < -0.3 is 25.2 Å². The first-order valence-electron chi connectivity index (χ1n) is 10.7. The van der Waals surface area contributed by atoms with Crippen LogP contribution in [0.2, 0.25) is 0 Å². The fraction of sp³-hybridized carbons (Fsp3) is 0.636. The summed E-state index contributed by atoms with van der Waals surface area (Å²) in [5.41, 5.74) is 6.79. The molecule has 3 rings (SSSR count). The van der Waals surface area contributed by atoms with Crippen molar-refractivity contribution in [3.05, 3.63) is 30.1 Å². The van der Waals surface area contributed by atoms with E-state index in [0.29, 0.717) is 25.0 Å². The highest BCUT2D eigenvalue weighted by Gasteiger charge is 2.27. The number of rotatable bonds is 3. The van der Waals surface area contributed by atoms with Gasteiger partial charge in [0.25, 0.3) is 0 Å². The fourth-order valence-corrected chi connectivity index (χ4v) is 3.87. The molecule has 0 saturated carbocycles. The number of hydrogen-bond acceptors (Lipinski definition) is 4. The molecule has 2 heterocycles. The van der Waals surface area contributed by atoms with Gasteiger partial charge in [0.1, 0.15) is 11.4 Å². The van der Waals surface area contributed by atoms with Crippen LogP contribution in [-0.2, 0) is 4.74 Å². The summed E-state index contributed by atoms with van der Waals surface area (Å²) >= 11 is 0. The predicted molar refractivity (Wildman–Crippen MR) is 117 cm³/mol. The van der Waals surface area contributed by atoms with Gasteiger partial charge in [-0.05, 0) is 63.8 Å². The van der Waals surface area contributed by atoms with Crippen molar-refractivity contribution in [1.82, 2.24) is 9.80 Å². The zero-order chi connectivity index (χ0) is 21.7. The van der Waals surface area contributed by atoms with Crippen molar-refractivity contribution in [3.8, 4) is 0 Å². The van der Waals surface area contributed by atoms with Gasteiger partial charge in [-0.3, -0.25) is 4.99 Å². The maximum absolute atomic E-state index is 13.1. The molecule has 30 heavy (non-hydrogen) atoms. The quantitative estimate of drug-likeness (QED) is 0.602. The fourth-order valence-electron chi connectivity index (χ4n) is 3.87. The van der Waals surface area contributed by atoms with E-state index in [1.807, 2.05) is 32.9 Å². The smallest absolute Gasteiger partial charge is 0.410 e. The van der Waals surface area contributed by atoms with Gasteiger partial charge in [0.15, 0.2) is 5.96 Å². The number of guanidine groups is 1. The van der Waals surface area contributed by atoms with E-state index in [-0.39, 0.29) is 11.9 Å². The van der Waals surface area contributed by atoms with Crippen molar-refractivity contribution in [2.24, 2.45) is 16.6 Å². The number of amides is 1. The minimum atomic E-state index is -0.483. The predicted octanol–water partition coefficient (Wildman–Crippen LogP) is 2.91. The average molecular weight is 420 g/mol. The highest BCUT2D eigenvalue weighted by molar-refractivity contribution is 5.78. The van der Waals surface area contributed by atoms with Crippen molar-refractivity contribution in [1.29, 1.82) is 0 Å². The number of piperidine rings is 1. The van der Waals surface area contributed by atoms with E-state index in [2.05, 4.69) is 14.8 Å². The number of carbonyl (C=O) groups excluding carboxylic acids is 1. The molecule has 2 fully saturated rings. The van der Waals surface area contributed by atoms with E-state index >= 15 is 0 Å². The summed E-state index contributed by atoms with van der Waals surface area (Å²) in [5, 5.41) is 0. The number of nitrogens with zero attached hydrogens (tertiary/aromatic N) is 4. The topological polar surface area (TPSA) is 74.4 Å². The van der Waals surface area contributed by atoms with Gasteiger partial charge in [0.05, 0.1) is 0 Å². The number of ether oxygens (including phenoxy) is 1. The zero-order valence-corrected chi connectivity index (χ0v) is 18.3. The van der Waals surface area contributed by atoms with Crippen LogP contribution in [0.5, 0.6) is 0 Å². The second-order valence-corrected chi connectivity index (χ2v) is 9.08. The zero-order valence-electron chi connectivity index (χ0n) is 18.3. The Kier molecular flexibility index (Phi) is 7.05. The lowest BCUT2D eigenvalue weighted by Gasteiger charge is -2.37. The average Bonchev–Trinajstić information content (AvgIpc) is 2.72. The van der Waals surface area contributed by atoms with Gasteiger partial charge in [-0.2, -0.15) is 0 Å². The first-order valence-corrected chi connectivity index (χ1v) is 10.7. The summed E-state index contributed by atoms with van der Waals surface area (Å²) in [4.78, 5) is 23.0. The van der Waals surface area contributed by atoms with Crippen LogP contribution in [0.1, 0.15) is 33.6 Å². The summed E-state index contributed by atoms with van der Waals surface area (Å²) in [6, 6.07) is 6.59. The molecule has 0 aromatic heterocycles. The molecule has 1 atom stereocenters. The number of piperazine rings is 1. The number of likely N-dealkylation sites (tertiary alicyclic amines) is 1. The number of halogens is 1. The molecule has 1 amide bonds. The Morgan fingerprint density at radius 2 is 1.80 bits per heavy atom. The second kappa shape index (κ2) is 9.53. The van der Waals surface area contributed by atoms with Crippen molar-refractivity contribution in [2.75, 3.05) is 50.7 Å². The van der Waals surface area contributed by atoms with E-state index in [9.17, 15) is 9.18 Å². The van der Waals surface area contributed by atoms with Crippen LogP contribution < -0.4 is 10.6 Å². The molecule has 2 aliphatic rings. The SMILES string of the molecule is CC(C)(C)OC(=O)N1CCCC(CN=C(N)N2CCN(c3ccc(F)cc3)CC2)C1. The van der Waals surface area contributed by atoms with Gasteiger partial charge in [-0.1, -0.05) is 0 Å². The molecule has 1 aromatic carbocycles. The molecule has 2 saturated heterocycles. The Hall–Kier alpha value is -2.51. The molecule has 1 unspecified atom stereocenters. The largest absolute Gasteiger partial charge is 0.444 e. The Balaban J connectivity index is 1.47. The molecule has 8 heteroatoms. The molecule has 2 aliphatic heterocycles. The van der Waals surface area contributed by atoms with E-state index in [4.69, 9.17) is 10.5 Å². The first kappa shape index (κ1) is 22.2. The van der Waals surface area contributed by atoms with Crippen molar-refractivity contribution in [3.63, 3.8) is 0 Å². The highest BCUT2D eigenvalue weighted by atomic mass is 19.1. The summed E-state index contributed by atoms with van der Waals surface area (Å²) in [5.74, 6) is 0.634. The molecular weight excluding hydrogens is 385 g/mol. The van der Waals surface area contributed by atoms with Crippen LogP contribution in [0.15, 0.2) is 29.3 Å². The van der Waals surface area contributed by atoms with Gasteiger partial charge >= 0.3 is 6.09 Å².